The van der Waals surface area contributed by atoms with Gasteiger partial charge >= 0.3 is 5.97 Å². The van der Waals surface area contributed by atoms with Crippen LogP contribution in [0.15, 0.2) is 77.9 Å². The number of ether oxygens (including phenoxy) is 2. The lowest BCUT2D eigenvalue weighted by molar-refractivity contribution is 0.0734. The van der Waals surface area contributed by atoms with Crippen molar-refractivity contribution in [1.82, 2.24) is 5.43 Å². The number of rotatable bonds is 9. The van der Waals surface area contributed by atoms with Gasteiger partial charge < -0.3 is 9.47 Å². The average Bonchev–Trinajstić information content (AvgIpc) is 2.81. The third-order valence-electron chi connectivity index (χ3n) is 4.41. The first-order chi connectivity index (χ1) is 15.5. The Morgan fingerprint density at radius 3 is 2.38 bits per heavy atom. The normalized spacial score (nSPS) is 10.7. The largest absolute Gasteiger partial charge is 0.494 e. The van der Waals surface area contributed by atoms with Gasteiger partial charge in [0.25, 0.3) is 5.91 Å². The highest BCUT2D eigenvalue weighted by molar-refractivity contribution is 6.30. The third kappa shape index (κ3) is 6.96. The Labute approximate surface area is 191 Å². The van der Waals surface area contributed by atoms with Crippen LogP contribution in [0.1, 0.15) is 46.0 Å². The van der Waals surface area contributed by atoms with Gasteiger partial charge in [0.15, 0.2) is 0 Å². The van der Waals surface area contributed by atoms with E-state index >= 15 is 0 Å². The highest BCUT2D eigenvalue weighted by Crippen LogP contribution is 2.16. The number of nitrogens with zero attached hydrogens (tertiary/aromatic N) is 1. The van der Waals surface area contributed by atoms with Gasteiger partial charge in [0.05, 0.1) is 18.4 Å². The Hall–Kier alpha value is -3.64. The number of carbonyl (C=O) groups excluding carboxylic acids is 2. The van der Waals surface area contributed by atoms with Crippen LogP contribution in [0.3, 0.4) is 0 Å². The first-order valence-corrected chi connectivity index (χ1v) is 10.6. The monoisotopic (exact) mass is 450 g/mol. The van der Waals surface area contributed by atoms with E-state index in [1.807, 2.05) is 0 Å². The summed E-state index contributed by atoms with van der Waals surface area (Å²) in [5, 5.41) is 4.43. The number of halogens is 1. The van der Waals surface area contributed by atoms with Crippen molar-refractivity contribution in [2.75, 3.05) is 6.61 Å². The average molecular weight is 451 g/mol. The van der Waals surface area contributed by atoms with Crippen molar-refractivity contribution < 1.29 is 19.1 Å². The fraction of sp³-hybridized carbons (Fsp3) is 0.160. The summed E-state index contributed by atoms with van der Waals surface area (Å²) in [5.41, 5.74) is 4.06. The Morgan fingerprint density at radius 1 is 0.969 bits per heavy atom. The third-order valence-corrected chi connectivity index (χ3v) is 4.65. The van der Waals surface area contributed by atoms with Gasteiger partial charge in [0.2, 0.25) is 0 Å². The lowest BCUT2D eigenvalue weighted by Gasteiger charge is -2.06. The number of benzene rings is 3. The molecular weight excluding hydrogens is 428 g/mol. The molecule has 1 amide bonds. The molecule has 0 atom stereocenters. The zero-order valence-electron chi connectivity index (χ0n) is 17.6. The van der Waals surface area contributed by atoms with Crippen molar-refractivity contribution in [2.24, 2.45) is 5.10 Å². The van der Waals surface area contributed by atoms with Gasteiger partial charge in [-0.3, -0.25) is 4.79 Å². The molecule has 0 aliphatic carbocycles. The van der Waals surface area contributed by atoms with Crippen molar-refractivity contribution in [1.29, 1.82) is 0 Å². The molecule has 0 unspecified atom stereocenters. The minimum atomic E-state index is -0.497. The Morgan fingerprint density at radius 2 is 1.69 bits per heavy atom. The van der Waals surface area contributed by atoms with Crippen molar-refractivity contribution in [3.05, 3.63) is 94.5 Å². The lowest BCUT2D eigenvalue weighted by atomic mass is 10.2. The minimum absolute atomic E-state index is 0.326. The summed E-state index contributed by atoms with van der Waals surface area (Å²) in [7, 11) is 0. The highest BCUT2D eigenvalue weighted by Gasteiger charge is 2.09. The first kappa shape index (κ1) is 23.0. The van der Waals surface area contributed by atoms with Gasteiger partial charge in [0.1, 0.15) is 11.5 Å². The van der Waals surface area contributed by atoms with E-state index in [0.29, 0.717) is 28.5 Å². The predicted molar refractivity (Wildman–Crippen MR) is 125 cm³/mol. The molecule has 1 N–H and O–H groups in total. The van der Waals surface area contributed by atoms with Crippen LogP contribution in [0.25, 0.3) is 0 Å². The molecule has 0 aliphatic heterocycles. The van der Waals surface area contributed by atoms with Gasteiger partial charge in [-0.2, -0.15) is 5.10 Å². The summed E-state index contributed by atoms with van der Waals surface area (Å²) >= 11 is 5.89. The quantitative estimate of drug-likeness (QED) is 0.153. The number of hydrogen-bond acceptors (Lipinski definition) is 5. The summed E-state index contributed by atoms with van der Waals surface area (Å²) in [6, 6.07) is 20.2. The zero-order valence-corrected chi connectivity index (χ0v) is 18.3. The van der Waals surface area contributed by atoms with Crippen LogP contribution >= 0.6 is 11.6 Å². The molecule has 0 saturated carbocycles. The minimum Gasteiger partial charge on any atom is -0.494 e. The molecule has 0 aliphatic rings. The van der Waals surface area contributed by atoms with E-state index in [0.717, 1.165) is 24.2 Å². The van der Waals surface area contributed by atoms with Crippen LogP contribution in [-0.4, -0.2) is 24.7 Å². The maximum atomic E-state index is 12.2. The lowest BCUT2D eigenvalue weighted by Crippen LogP contribution is -2.17. The van der Waals surface area contributed by atoms with Crippen LogP contribution in [0.4, 0.5) is 0 Å². The molecule has 0 heterocycles. The molecule has 0 radical (unpaired) electrons. The molecule has 3 aromatic carbocycles. The number of hydrogen-bond donors (Lipinski definition) is 1. The van der Waals surface area contributed by atoms with Crippen LogP contribution in [0, 0.1) is 0 Å². The Kier molecular flexibility index (Phi) is 8.40. The van der Waals surface area contributed by atoms with Crippen LogP contribution < -0.4 is 14.9 Å². The van der Waals surface area contributed by atoms with E-state index in [9.17, 15) is 9.59 Å². The van der Waals surface area contributed by atoms with E-state index in [-0.39, 0.29) is 5.91 Å². The van der Waals surface area contributed by atoms with Gasteiger partial charge in [-0.05, 0) is 78.7 Å². The molecule has 3 rings (SSSR count). The zero-order chi connectivity index (χ0) is 22.8. The van der Waals surface area contributed by atoms with Crippen molar-refractivity contribution in [2.45, 2.75) is 19.8 Å². The van der Waals surface area contributed by atoms with Crippen molar-refractivity contribution >= 4 is 29.7 Å². The van der Waals surface area contributed by atoms with Gasteiger partial charge in [-0.25, -0.2) is 10.2 Å². The molecule has 0 saturated heterocycles. The Bertz CT molecular complexity index is 1080. The molecule has 32 heavy (non-hydrogen) atoms. The maximum Gasteiger partial charge on any atom is 0.343 e. The number of carbonyl (C=O) groups is 2. The van der Waals surface area contributed by atoms with E-state index in [2.05, 4.69) is 17.5 Å². The number of unbranched alkanes of at least 4 members (excludes halogenated alkanes) is 1. The second kappa shape index (κ2) is 11.7. The van der Waals surface area contributed by atoms with Gasteiger partial charge in [0, 0.05) is 10.6 Å². The van der Waals surface area contributed by atoms with Crippen LogP contribution in [-0.2, 0) is 0 Å². The summed E-state index contributed by atoms with van der Waals surface area (Å²) in [6.07, 6.45) is 3.56. The number of esters is 1. The SMILES string of the molecule is CCCCOc1ccc(C(=O)N/N=C/c2ccc(OC(=O)c3cccc(Cl)c3)cc2)cc1. The predicted octanol–water partition coefficient (Wildman–Crippen LogP) is 5.50. The Balaban J connectivity index is 1.50. The van der Waals surface area contributed by atoms with E-state index in [4.69, 9.17) is 21.1 Å². The molecule has 0 aromatic heterocycles. The van der Waals surface area contributed by atoms with Crippen molar-refractivity contribution in [3.63, 3.8) is 0 Å². The summed E-state index contributed by atoms with van der Waals surface area (Å²) in [4.78, 5) is 24.4. The molecule has 0 bridgehead atoms. The molecule has 6 nitrogen and oxygen atoms in total. The molecule has 3 aromatic rings. The number of nitrogens with one attached hydrogen (secondary N) is 1. The summed E-state index contributed by atoms with van der Waals surface area (Å²) in [5.74, 6) is 0.295. The van der Waals surface area contributed by atoms with E-state index in [1.165, 1.54) is 6.21 Å². The van der Waals surface area contributed by atoms with Gasteiger partial charge in [-0.15, -0.1) is 0 Å². The fourth-order valence-corrected chi connectivity index (χ4v) is 2.86. The highest BCUT2D eigenvalue weighted by atomic mass is 35.5. The van der Waals surface area contributed by atoms with Crippen molar-refractivity contribution in [3.8, 4) is 11.5 Å². The molecular formula is C25H23ClN2O4. The van der Waals surface area contributed by atoms with E-state index in [1.54, 1.807) is 72.8 Å². The molecule has 7 heteroatoms. The topological polar surface area (TPSA) is 77.0 Å². The number of hydrazone groups is 1. The van der Waals surface area contributed by atoms with Gasteiger partial charge in [-0.1, -0.05) is 31.0 Å². The van der Waals surface area contributed by atoms with Crippen LogP contribution in [0.2, 0.25) is 5.02 Å². The maximum absolute atomic E-state index is 12.2. The molecule has 0 spiro atoms. The second-order valence-electron chi connectivity index (χ2n) is 6.89. The fourth-order valence-electron chi connectivity index (χ4n) is 2.67. The molecule has 0 fully saturated rings. The summed E-state index contributed by atoms with van der Waals surface area (Å²) < 4.78 is 10.9. The molecule has 164 valence electrons. The standard InChI is InChI=1S/C25H23ClN2O4/c1-2-3-15-31-22-13-9-19(10-14-22)24(29)28-27-17-18-7-11-23(12-8-18)32-25(30)20-5-4-6-21(26)16-20/h4-14,16-17H,2-3,15H2,1H3,(H,28,29)/b27-17+. The summed E-state index contributed by atoms with van der Waals surface area (Å²) in [6.45, 7) is 2.76. The second-order valence-corrected chi connectivity index (χ2v) is 7.33. The smallest absolute Gasteiger partial charge is 0.343 e. The first-order valence-electron chi connectivity index (χ1n) is 10.2. The number of amides is 1. The van der Waals surface area contributed by atoms with Crippen LogP contribution in [0.5, 0.6) is 11.5 Å². The van der Waals surface area contributed by atoms with E-state index < -0.39 is 5.97 Å².